The van der Waals surface area contributed by atoms with Crippen LogP contribution in [0.4, 0.5) is 33.4 Å². The van der Waals surface area contributed by atoms with Crippen molar-refractivity contribution in [2.75, 3.05) is 54.4 Å². The number of benzene rings is 4. The summed E-state index contributed by atoms with van der Waals surface area (Å²) in [6.45, 7) is 7.23. The first-order valence-corrected chi connectivity index (χ1v) is 20.3. The highest BCUT2D eigenvalue weighted by atomic mass is 32.2. The van der Waals surface area contributed by atoms with Gasteiger partial charge in [-0.15, -0.1) is 0 Å². The molecule has 0 fully saturated rings. The predicted molar refractivity (Wildman–Crippen MR) is 228 cm³/mol. The second-order valence-corrected chi connectivity index (χ2v) is 16.2. The Balaban J connectivity index is 1.15. The second-order valence-electron chi connectivity index (χ2n) is 14.5. The highest BCUT2D eigenvalue weighted by molar-refractivity contribution is 7.92. The Morgan fingerprint density at radius 1 is 0.793 bits per heavy atom. The highest BCUT2D eigenvalue weighted by Crippen LogP contribution is 2.40. The maximum Gasteiger partial charge on any atom is 0.323 e. The minimum atomic E-state index is -3.64. The number of carbonyl (C=O) groups excluding carboxylic acids is 1. The van der Waals surface area contributed by atoms with E-state index in [2.05, 4.69) is 25.7 Å². The van der Waals surface area contributed by atoms with Gasteiger partial charge in [0, 0.05) is 65.9 Å². The molecule has 14 nitrogen and oxygen atoms in total. The zero-order chi connectivity index (χ0) is 41.5. The minimum Gasteiger partial charge on any atom is -0.497 e. The van der Waals surface area contributed by atoms with Gasteiger partial charge >= 0.3 is 6.03 Å². The Kier molecular flexibility index (Phi) is 12.6. The summed E-state index contributed by atoms with van der Waals surface area (Å²) in [5.74, 6) is 3.01. The van der Waals surface area contributed by atoms with E-state index in [9.17, 15) is 13.2 Å². The standard InChI is InChI=1S/C43H48N6O8S/c1-43(2,3)28-21-37(41(54-6)38(22-28)48-58(7,51)52)47-42(50)46-36-14-15-39(35-13-9-8-12-34(35)36)57-31-16-17-44-40(26-31)45-29-23-32(53-5)25-33(24-29)56-20-19-55-27-30-11-10-18-49(30)4/h8-18,21-26,48H,19-20,27H2,1-7H3,(H,44,45)(H2,46,47,50). The number of aromatic nitrogens is 2. The highest BCUT2D eigenvalue weighted by Gasteiger charge is 2.23. The largest absolute Gasteiger partial charge is 0.497 e. The molecule has 0 aliphatic carbocycles. The van der Waals surface area contributed by atoms with Crippen LogP contribution in [0.1, 0.15) is 32.0 Å². The fourth-order valence-corrected chi connectivity index (χ4v) is 6.65. The molecule has 6 aromatic rings. The van der Waals surface area contributed by atoms with Gasteiger partial charge in [-0.3, -0.25) is 4.72 Å². The summed E-state index contributed by atoms with van der Waals surface area (Å²) >= 11 is 0. The molecule has 0 spiro atoms. The summed E-state index contributed by atoms with van der Waals surface area (Å²) in [6.07, 6.45) is 4.68. The number of fused-ring (bicyclic) bond motifs is 1. The topological polar surface area (TPSA) is 163 Å². The Bertz CT molecular complexity index is 2520. The molecule has 0 atom stereocenters. The van der Waals surface area contributed by atoms with Crippen LogP contribution in [0, 0.1) is 0 Å². The Morgan fingerprint density at radius 3 is 2.24 bits per heavy atom. The van der Waals surface area contributed by atoms with Crippen molar-refractivity contribution in [3.63, 3.8) is 0 Å². The van der Waals surface area contributed by atoms with Crippen LogP contribution in [0.25, 0.3) is 10.8 Å². The lowest BCUT2D eigenvalue weighted by molar-refractivity contribution is 0.0856. The van der Waals surface area contributed by atoms with E-state index in [0.717, 1.165) is 28.3 Å². The van der Waals surface area contributed by atoms with E-state index in [1.54, 1.807) is 55.8 Å². The zero-order valence-electron chi connectivity index (χ0n) is 33.5. The van der Waals surface area contributed by atoms with Crippen molar-refractivity contribution in [3.8, 4) is 28.7 Å². The molecule has 0 saturated heterocycles. The molecule has 0 bridgehead atoms. The maximum absolute atomic E-state index is 13.5. The van der Waals surface area contributed by atoms with Crippen molar-refractivity contribution in [1.29, 1.82) is 0 Å². The molecule has 0 radical (unpaired) electrons. The number of nitrogens with one attached hydrogen (secondary N) is 4. The SMILES string of the molecule is COc1cc(Nc2cc(Oc3ccc(NC(=O)Nc4cc(C(C)(C)C)cc(NS(C)(=O)=O)c4OC)c4ccccc34)ccn2)cc(OCCOCc2cccn2C)c1. The number of amides is 2. The van der Waals surface area contributed by atoms with Gasteiger partial charge in [0.25, 0.3) is 0 Å². The van der Waals surface area contributed by atoms with Crippen LogP contribution in [-0.2, 0) is 33.8 Å². The van der Waals surface area contributed by atoms with Gasteiger partial charge in [-0.25, -0.2) is 18.2 Å². The molecule has 0 saturated carbocycles. The second kappa shape index (κ2) is 17.8. The van der Waals surface area contributed by atoms with E-state index < -0.39 is 16.1 Å². The van der Waals surface area contributed by atoms with Crippen molar-refractivity contribution in [1.82, 2.24) is 9.55 Å². The summed E-state index contributed by atoms with van der Waals surface area (Å²) in [6, 6.07) is 27.0. The maximum atomic E-state index is 13.5. The van der Waals surface area contributed by atoms with Gasteiger partial charge in [-0.05, 0) is 53.4 Å². The van der Waals surface area contributed by atoms with E-state index in [1.165, 1.54) is 7.11 Å². The number of anilines is 5. The van der Waals surface area contributed by atoms with Crippen molar-refractivity contribution in [3.05, 3.63) is 115 Å². The number of ether oxygens (including phenoxy) is 5. The van der Waals surface area contributed by atoms with Crippen molar-refractivity contribution < 1.29 is 36.9 Å². The smallest absolute Gasteiger partial charge is 0.323 e. The van der Waals surface area contributed by atoms with Crippen LogP contribution in [0.15, 0.2) is 103 Å². The molecule has 0 aliphatic rings. The molecule has 304 valence electrons. The molecule has 6 rings (SSSR count). The number of pyridine rings is 1. The van der Waals surface area contributed by atoms with Crippen LogP contribution in [-0.4, -0.2) is 57.7 Å². The summed E-state index contributed by atoms with van der Waals surface area (Å²) in [4.78, 5) is 18.0. The fraction of sp³-hybridized carbons (Fsp3) is 0.256. The lowest BCUT2D eigenvalue weighted by Gasteiger charge is -2.24. The van der Waals surface area contributed by atoms with Gasteiger partial charge in [0.15, 0.2) is 5.75 Å². The van der Waals surface area contributed by atoms with Crippen molar-refractivity contribution in [2.24, 2.45) is 7.05 Å². The molecule has 15 heteroatoms. The number of hydrogen-bond acceptors (Lipinski definition) is 10. The molecule has 4 N–H and O–H groups in total. The molecule has 0 aliphatic heterocycles. The lowest BCUT2D eigenvalue weighted by atomic mass is 9.86. The normalized spacial score (nSPS) is 11.5. The molecule has 2 amide bonds. The summed E-state index contributed by atoms with van der Waals surface area (Å²) < 4.78 is 58.1. The number of urea groups is 1. The van der Waals surface area contributed by atoms with Gasteiger partial charge in [-0.1, -0.05) is 45.0 Å². The molecule has 58 heavy (non-hydrogen) atoms. The van der Waals surface area contributed by atoms with Crippen molar-refractivity contribution in [2.45, 2.75) is 32.8 Å². The predicted octanol–water partition coefficient (Wildman–Crippen LogP) is 9.04. The van der Waals surface area contributed by atoms with E-state index in [0.29, 0.717) is 65.7 Å². The summed E-state index contributed by atoms with van der Waals surface area (Å²) in [7, 11) is 1.34. The summed E-state index contributed by atoms with van der Waals surface area (Å²) in [5.41, 5.74) is 3.24. The van der Waals surface area contributed by atoms with Crippen LogP contribution >= 0.6 is 0 Å². The van der Waals surface area contributed by atoms with Gasteiger partial charge in [-0.2, -0.15) is 0 Å². The number of nitrogens with zero attached hydrogens (tertiary/aromatic N) is 2. The number of methoxy groups -OCH3 is 2. The number of hydrogen-bond donors (Lipinski definition) is 4. The van der Waals surface area contributed by atoms with Crippen LogP contribution < -0.4 is 39.6 Å². The fourth-order valence-electron chi connectivity index (χ4n) is 6.10. The van der Waals surface area contributed by atoms with Gasteiger partial charge in [0.2, 0.25) is 10.0 Å². The molecule has 2 heterocycles. The first kappa shape index (κ1) is 41.2. The van der Waals surface area contributed by atoms with Crippen LogP contribution in [0.2, 0.25) is 0 Å². The monoisotopic (exact) mass is 808 g/mol. The molecule has 2 aromatic heterocycles. The first-order chi connectivity index (χ1) is 27.7. The molecular weight excluding hydrogens is 761 g/mol. The average Bonchev–Trinajstić information content (AvgIpc) is 3.58. The van der Waals surface area contributed by atoms with Gasteiger partial charge < -0.3 is 44.2 Å². The number of aryl methyl sites for hydroxylation is 1. The Hall–Kier alpha value is -6.45. The summed E-state index contributed by atoms with van der Waals surface area (Å²) in [5, 5.41) is 10.6. The number of sulfonamides is 1. The molecular formula is C43H48N6O8S. The van der Waals surface area contributed by atoms with Gasteiger partial charge in [0.05, 0.1) is 50.8 Å². The van der Waals surface area contributed by atoms with Crippen LogP contribution in [0.3, 0.4) is 0 Å². The van der Waals surface area contributed by atoms with E-state index >= 15 is 0 Å². The third kappa shape index (κ3) is 10.7. The number of carbonyl (C=O) groups is 1. The van der Waals surface area contributed by atoms with Crippen molar-refractivity contribution >= 4 is 55.4 Å². The Morgan fingerprint density at radius 2 is 1.53 bits per heavy atom. The van der Waals surface area contributed by atoms with E-state index in [4.69, 9.17) is 23.7 Å². The third-order valence-corrected chi connectivity index (χ3v) is 9.57. The van der Waals surface area contributed by atoms with E-state index in [-0.39, 0.29) is 16.9 Å². The number of rotatable bonds is 16. The Labute approximate surface area is 338 Å². The van der Waals surface area contributed by atoms with Gasteiger partial charge in [0.1, 0.15) is 35.4 Å². The zero-order valence-corrected chi connectivity index (χ0v) is 34.3. The molecule has 4 aromatic carbocycles. The average molecular weight is 809 g/mol. The quantitative estimate of drug-likeness (QED) is 0.0694. The van der Waals surface area contributed by atoms with Crippen LogP contribution in [0.5, 0.6) is 28.7 Å². The lowest BCUT2D eigenvalue weighted by Crippen LogP contribution is -2.22. The minimum absolute atomic E-state index is 0.175. The van der Waals surface area contributed by atoms with E-state index in [1.807, 2.05) is 87.1 Å². The first-order valence-electron chi connectivity index (χ1n) is 18.4. The third-order valence-electron chi connectivity index (χ3n) is 8.98. The molecule has 0 unspecified atom stereocenters.